The van der Waals surface area contributed by atoms with E-state index in [9.17, 15) is 4.79 Å². The summed E-state index contributed by atoms with van der Waals surface area (Å²) in [6, 6.07) is 0. The molecule has 2 atom stereocenters. The third-order valence-electron chi connectivity index (χ3n) is 5.16. The molecule has 122 valence electrons. The summed E-state index contributed by atoms with van der Waals surface area (Å²) in [6.45, 7) is 11.5. The number of rotatable bonds is 9. The molecule has 1 nitrogen and oxygen atoms in total. The highest BCUT2D eigenvalue weighted by molar-refractivity contribution is 5.56. The summed E-state index contributed by atoms with van der Waals surface area (Å²) >= 11 is 0. The van der Waals surface area contributed by atoms with Gasteiger partial charge in [-0.05, 0) is 49.4 Å². The number of aldehydes is 1. The molecule has 0 saturated heterocycles. The van der Waals surface area contributed by atoms with Crippen molar-refractivity contribution in [3.63, 3.8) is 0 Å². The molecule has 1 rings (SSSR count). The van der Waals surface area contributed by atoms with Crippen molar-refractivity contribution < 1.29 is 4.79 Å². The van der Waals surface area contributed by atoms with Crippen LogP contribution in [-0.2, 0) is 4.79 Å². The lowest BCUT2D eigenvalue weighted by Gasteiger charge is -2.39. The first-order chi connectivity index (χ1) is 9.87. The Morgan fingerprint density at radius 3 is 2.38 bits per heavy atom. The van der Waals surface area contributed by atoms with Crippen molar-refractivity contribution in [1.29, 1.82) is 0 Å². The van der Waals surface area contributed by atoms with Gasteiger partial charge in [0.05, 0.1) is 0 Å². The summed E-state index contributed by atoms with van der Waals surface area (Å²) < 4.78 is 0. The molecule has 0 aliphatic heterocycles. The Balaban J connectivity index is 2.56. The van der Waals surface area contributed by atoms with Crippen LogP contribution in [0.2, 0.25) is 0 Å². The minimum atomic E-state index is 0.207. The fraction of sp³-hybridized carbons (Fsp3) is 0.850. The van der Waals surface area contributed by atoms with E-state index in [1.54, 1.807) is 5.57 Å². The zero-order valence-corrected chi connectivity index (χ0v) is 15.0. The van der Waals surface area contributed by atoms with Crippen LogP contribution < -0.4 is 0 Å². The first kappa shape index (κ1) is 18.5. The summed E-state index contributed by atoms with van der Waals surface area (Å²) in [4.78, 5) is 11.5. The molecular formula is C20H36O. The third-order valence-corrected chi connectivity index (χ3v) is 5.16. The molecule has 0 amide bonds. The van der Waals surface area contributed by atoms with Crippen LogP contribution in [0.1, 0.15) is 86.0 Å². The van der Waals surface area contributed by atoms with Crippen LogP contribution in [0.3, 0.4) is 0 Å². The van der Waals surface area contributed by atoms with Crippen molar-refractivity contribution in [2.24, 2.45) is 23.2 Å². The van der Waals surface area contributed by atoms with Crippen LogP contribution >= 0.6 is 0 Å². The zero-order chi connectivity index (χ0) is 15.9. The topological polar surface area (TPSA) is 17.1 Å². The van der Waals surface area contributed by atoms with E-state index in [0.29, 0.717) is 0 Å². The Labute approximate surface area is 132 Å². The molecule has 0 radical (unpaired) electrons. The molecule has 0 fully saturated rings. The molecule has 2 unspecified atom stereocenters. The maximum Gasteiger partial charge on any atom is 0.123 e. The summed E-state index contributed by atoms with van der Waals surface area (Å²) in [6.07, 6.45) is 13.3. The Bertz CT molecular complexity index is 340. The minimum Gasteiger partial charge on any atom is -0.303 e. The summed E-state index contributed by atoms with van der Waals surface area (Å²) in [7, 11) is 0. The van der Waals surface area contributed by atoms with Crippen LogP contribution in [0.15, 0.2) is 11.6 Å². The van der Waals surface area contributed by atoms with E-state index in [2.05, 4.69) is 40.7 Å². The van der Waals surface area contributed by atoms with Gasteiger partial charge in [-0.1, -0.05) is 65.5 Å². The van der Waals surface area contributed by atoms with E-state index in [4.69, 9.17) is 0 Å². The quantitative estimate of drug-likeness (QED) is 0.366. The smallest absolute Gasteiger partial charge is 0.123 e. The van der Waals surface area contributed by atoms with Crippen molar-refractivity contribution >= 4 is 6.29 Å². The van der Waals surface area contributed by atoms with Crippen molar-refractivity contribution in [1.82, 2.24) is 0 Å². The molecular weight excluding hydrogens is 256 g/mol. The van der Waals surface area contributed by atoms with Gasteiger partial charge in [-0.2, -0.15) is 0 Å². The predicted octanol–water partition coefficient (Wildman–Crippen LogP) is 6.18. The molecule has 0 saturated carbocycles. The monoisotopic (exact) mass is 292 g/mol. The second-order valence-electron chi connectivity index (χ2n) is 8.24. The highest BCUT2D eigenvalue weighted by Crippen LogP contribution is 2.45. The van der Waals surface area contributed by atoms with Gasteiger partial charge in [-0.3, -0.25) is 0 Å². The molecule has 1 aliphatic rings. The Morgan fingerprint density at radius 2 is 1.81 bits per heavy atom. The molecule has 0 spiro atoms. The molecule has 0 aromatic rings. The van der Waals surface area contributed by atoms with Crippen LogP contribution in [-0.4, -0.2) is 6.29 Å². The van der Waals surface area contributed by atoms with E-state index in [-0.39, 0.29) is 11.3 Å². The van der Waals surface area contributed by atoms with E-state index in [1.165, 1.54) is 44.8 Å². The zero-order valence-electron chi connectivity index (χ0n) is 15.0. The highest BCUT2D eigenvalue weighted by atomic mass is 16.1. The average Bonchev–Trinajstić information content (AvgIpc) is 2.37. The fourth-order valence-electron chi connectivity index (χ4n) is 3.64. The molecule has 0 aromatic heterocycles. The fourth-order valence-corrected chi connectivity index (χ4v) is 3.64. The van der Waals surface area contributed by atoms with Gasteiger partial charge in [-0.25, -0.2) is 0 Å². The van der Waals surface area contributed by atoms with Crippen molar-refractivity contribution in [3.8, 4) is 0 Å². The SMILES string of the molecule is CC(C)CCCC1=CCC(C=O)C(C)(CCCC(C)C)C1. The van der Waals surface area contributed by atoms with E-state index in [0.717, 1.165) is 24.7 Å². The van der Waals surface area contributed by atoms with Crippen molar-refractivity contribution in [3.05, 3.63) is 11.6 Å². The van der Waals surface area contributed by atoms with Gasteiger partial charge < -0.3 is 4.79 Å². The van der Waals surface area contributed by atoms with E-state index >= 15 is 0 Å². The number of hydrogen-bond donors (Lipinski definition) is 0. The largest absolute Gasteiger partial charge is 0.303 e. The number of allylic oxidation sites excluding steroid dienone is 2. The second kappa shape index (κ2) is 8.76. The van der Waals surface area contributed by atoms with Crippen LogP contribution in [0.4, 0.5) is 0 Å². The van der Waals surface area contributed by atoms with Gasteiger partial charge in [0.15, 0.2) is 0 Å². The molecule has 1 heteroatoms. The van der Waals surface area contributed by atoms with Crippen LogP contribution in [0.25, 0.3) is 0 Å². The predicted molar refractivity (Wildman–Crippen MR) is 92.4 cm³/mol. The molecule has 0 bridgehead atoms. The summed E-state index contributed by atoms with van der Waals surface area (Å²) in [5.41, 5.74) is 1.82. The first-order valence-electron chi connectivity index (χ1n) is 9.00. The lowest BCUT2D eigenvalue weighted by molar-refractivity contribution is -0.115. The van der Waals surface area contributed by atoms with Crippen LogP contribution in [0.5, 0.6) is 0 Å². The van der Waals surface area contributed by atoms with E-state index in [1.807, 2.05) is 0 Å². The van der Waals surface area contributed by atoms with Crippen molar-refractivity contribution in [2.45, 2.75) is 86.0 Å². The maximum atomic E-state index is 11.5. The Hall–Kier alpha value is -0.590. The van der Waals surface area contributed by atoms with Gasteiger partial charge in [0, 0.05) is 5.92 Å². The molecule has 21 heavy (non-hydrogen) atoms. The van der Waals surface area contributed by atoms with Crippen LogP contribution in [0, 0.1) is 23.2 Å². The number of carbonyl (C=O) groups excluding carboxylic acids is 1. The van der Waals surface area contributed by atoms with Gasteiger partial charge in [-0.15, -0.1) is 0 Å². The number of hydrogen-bond acceptors (Lipinski definition) is 1. The first-order valence-corrected chi connectivity index (χ1v) is 9.00. The highest BCUT2D eigenvalue weighted by Gasteiger charge is 2.36. The summed E-state index contributed by atoms with van der Waals surface area (Å²) in [5.74, 6) is 1.81. The summed E-state index contributed by atoms with van der Waals surface area (Å²) in [5, 5.41) is 0. The maximum absolute atomic E-state index is 11.5. The van der Waals surface area contributed by atoms with Gasteiger partial charge >= 0.3 is 0 Å². The molecule has 0 aromatic carbocycles. The molecule has 0 heterocycles. The van der Waals surface area contributed by atoms with E-state index < -0.39 is 0 Å². The molecule has 0 N–H and O–H groups in total. The van der Waals surface area contributed by atoms with Gasteiger partial charge in [0.25, 0.3) is 0 Å². The lowest BCUT2D eigenvalue weighted by atomic mass is 9.65. The van der Waals surface area contributed by atoms with Gasteiger partial charge in [0.1, 0.15) is 6.29 Å². The Morgan fingerprint density at radius 1 is 1.19 bits per heavy atom. The number of carbonyl (C=O) groups is 1. The minimum absolute atomic E-state index is 0.207. The third kappa shape index (κ3) is 6.36. The Kier molecular flexibility index (Phi) is 7.70. The van der Waals surface area contributed by atoms with Gasteiger partial charge in [0.2, 0.25) is 0 Å². The molecule has 1 aliphatic carbocycles. The standard InChI is InChI=1S/C20H36O/c1-16(2)8-6-10-18-11-12-19(15-21)20(5,14-18)13-7-9-17(3)4/h11,15-17,19H,6-10,12-14H2,1-5H3. The lowest BCUT2D eigenvalue weighted by Crippen LogP contribution is -2.32. The second-order valence-corrected chi connectivity index (χ2v) is 8.24. The average molecular weight is 293 g/mol. The normalized spacial score (nSPS) is 26.2. The van der Waals surface area contributed by atoms with Crippen molar-refractivity contribution in [2.75, 3.05) is 0 Å².